The minimum atomic E-state index is -3.53. The van der Waals surface area contributed by atoms with Gasteiger partial charge in [-0.2, -0.15) is 9.40 Å². The Morgan fingerprint density at radius 1 is 1.21 bits per heavy atom. The third kappa shape index (κ3) is 4.00. The summed E-state index contributed by atoms with van der Waals surface area (Å²) in [6.45, 7) is 6.66. The largest absolute Gasteiger partial charge is 0.380 e. The number of hydrogen-bond donors (Lipinski definition) is 0. The zero-order chi connectivity index (χ0) is 19.6. The number of benzene rings is 1. The quantitative estimate of drug-likeness (QED) is 0.760. The van der Waals surface area contributed by atoms with Crippen molar-refractivity contribution in [1.82, 2.24) is 19.0 Å². The maximum atomic E-state index is 13.2. The van der Waals surface area contributed by atoms with Crippen LogP contribution in [-0.4, -0.2) is 66.3 Å². The van der Waals surface area contributed by atoms with Gasteiger partial charge in [-0.05, 0) is 18.9 Å². The van der Waals surface area contributed by atoms with Gasteiger partial charge in [0.2, 0.25) is 10.0 Å². The molecule has 0 radical (unpaired) electrons. The third-order valence-corrected chi connectivity index (χ3v) is 7.63. The molecule has 7 nitrogen and oxygen atoms in total. The standard InChI is InChI=1S/C20H28N4O3S/c1-2-23-14-19(12-21-23)28(25,26)24-9-8-18-16-27-11-10-22(20(18)15-24)13-17-6-4-3-5-7-17/h3-7,12,14,18,20H,2,8-11,13,15-16H2,1H3/t18-,20-/m1/s1. The van der Waals surface area contributed by atoms with Crippen LogP contribution in [0.3, 0.4) is 0 Å². The lowest BCUT2D eigenvalue weighted by Gasteiger charge is -2.41. The number of aryl methyl sites for hydroxylation is 1. The average molecular weight is 405 g/mol. The molecule has 0 amide bonds. The van der Waals surface area contributed by atoms with Crippen molar-refractivity contribution in [1.29, 1.82) is 0 Å². The maximum absolute atomic E-state index is 13.2. The van der Waals surface area contributed by atoms with Crippen molar-refractivity contribution in [3.8, 4) is 0 Å². The lowest BCUT2D eigenvalue weighted by atomic mass is 9.92. The summed E-state index contributed by atoms with van der Waals surface area (Å²) in [6.07, 6.45) is 3.90. The van der Waals surface area contributed by atoms with Gasteiger partial charge in [-0.1, -0.05) is 30.3 Å². The van der Waals surface area contributed by atoms with Crippen LogP contribution in [0.15, 0.2) is 47.6 Å². The third-order valence-electron chi connectivity index (χ3n) is 5.81. The Labute approximate surface area is 166 Å². The second-order valence-corrected chi connectivity index (χ2v) is 9.48. The van der Waals surface area contributed by atoms with E-state index in [1.165, 1.54) is 11.8 Å². The fourth-order valence-corrected chi connectivity index (χ4v) is 5.60. The van der Waals surface area contributed by atoms with E-state index in [0.717, 1.165) is 19.5 Å². The van der Waals surface area contributed by atoms with E-state index in [1.54, 1.807) is 15.2 Å². The average Bonchev–Trinajstić information content (AvgIpc) is 3.13. The van der Waals surface area contributed by atoms with Crippen molar-refractivity contribution in [2.45, 2.75) is 37.4 Å². The van der Waals surface area contributed by atoms with Gasteiger partial charge in [-0.3, -0.25) is 9.58 Å². The van der Waals surface area contributed by atoms with Crippen LogP contribution in [0.25, 0.3) is 0 Å². The summed E-state index contributed by atoms with van der Waals surface area (Å²) in [7, 11) is -3.53. The van der Waals surface area contributed by atoms with Gasteiger partial charge in [0.1, 0.15) is 4.90 Å². The molecule has 0 unspecified atom stereocenters. The molecule has 8 heteroatoms. The minimum absolute atomic E-state index is 0.160. The Kier molecular flexibility index (Phi) is 5.82. The molecule has 2 aliphatic rings. The van der Waals surface area contributed by atoms with E-state index in [9.17, 15) is 8.42 Å². The van der Waals surface area contributed by atoms with Crippen LogP contribution in [0.1, 0.15) is 18.9 Å². The van der Waals surface area contributed by atoms with Crippen molar-refractivity contribution in [2.24, 2.45) is 5.92 Å². The first kappa shape index (κ1) is 19.6. The van der Waals surface area contributed by atoms with E-state index < -0.39 is 10.0 Å². The molecule has 2 atom stereocenters. The Balaban J connectivity index is 1.55. The molecule has 28 heavy (non-hydrogen) atoms. The number of hydrogen-bond acceptors (Lipinski definition) is 5. The van der Waals surface area contributed by atoms with Crippen molar-refractivity contribution >= 4 is 10.0 Å². The summed E-state index contributed by atoms with van der Waals surface area (Å²) in [6, 6.07) is 10.5. The van der Waals surface area contributed by atoms with Gasteiger partial charge in [-0.15, -0.1) is 0 Å². The predicted octanol–water partition coefficient (Wildman–Crippen LogP) is 1.81. The topological polar surface area (TPSA) is 67.7 Å². The second-order valence-electron chi connectivity index (χ2n) is 7.54. The van der Waals surface area contributed by atoms with E-state index in [0.29, 0.717) is 38.8 Å². The smallest absolute Gasteiger partial charge is 0.246 e. The van der Waals surface area contributed by atoms with Crippen molar-refractivity contribution in [2.75, 3.05) is 32.8 Å². The molecule has 2 fully saturated rings. The molecule has 2 aromatic rings. The van der Waals surface area contributed by atoms with E-state index in [-0.39, 0.29) is 10.9 Å². The normalized spacial score (nSPS) is 24.6. The van der Waals surface area contributed by atoms with Crippen LogP contribution in [0.2, 0.25) is 0 Å². The maximum Gasteiger partial charge on any atom is 0.246 e. The molecular formula is C20H28N4O3S. The van der Waals surface area contributed by atoms with Crippen molar-refractivity contribution in [3.63, 3.8) is 0 Å². The van der Waals surface area contributed by atoms with E-state index in [1.807, 2.05) is 25.1 Å². The van der Waals surface area contributed by atoms with Gasteiger partial charge < -0.3 is 4.74 Å². The predicted molar refractivity (Wildman–Crippen MR) is 106 cm³/mol. The van der Waals surface area contributed by atoms with Crippen LogP contribution >= 0.6 is 0 Å². The van der Waals surface area contributed by atoms with Gasteiger partial charge >= 0.3 is 0 Å². The molecule has 0 N–H and O–H groups in total. The fourth-order valence-electron chi connectivity index (χ4n) is 4.17. The zero-order valence-electron chi connectivity index (χ0n) is 16.3. The highest BCUT2D eigenvalue weighted by Gasteiger charge is 2.39. The van der Waals surface area contributed by atoms with Gasteiger partial charge in [0.25, 0.3) is 0 Å². The molecule has 0 bridgehead atoms. The van der Waals surface area contributed by atoms with Gasteiger partial charge in [-0.25, -0.2) is 8.42 Å². The molecule has 2 aliphatic heterocycles. The molecule has 1 aromatic heterocycles. The number of nitrogens with zero attached hydrogens (tertiary/aromatic N) is 4. The molecule has 0 aliphatic carbocycles. The van der Waals surface area contributed by atoms with Crippen molar-refractivity contribution in [3.05, 3.63) is 48.3 Å². The zero-order valence-corrected chi connectivity index (χ0v) is 17.1. The van der Waals surface area contributed by atoms with Gasteiger partial charge in [0.15, 0.2) is 0 Å². The summed E-state index contributed by atoms with van der Waals surface area (Å²) < 4.78 is 35.4. The van der Waals surface area contributed by atoms with E-state index in [4.69, 9.17) is 4.74 Å². The number of piperidine rings is 1. The van der Waals surface area contributed by atoms with Crippen molar-refractivity contribution < 1.29 is 13.2 Å². The lowest BCUT2D eigenvalue weighted by Crippen LogP contribution is -2.54. The Hall–Kier alpha value is -1.74. The summed E-state index contributed by atoms with van der Waals surface area (Å²) in [4.78, 5) is 2.68. The highest BCUT2D eigenvalue weighted by molar-refractivity contribution is 7.89. The first-order valence-electron chi connectivity index (χ1n) is 9.96. The Morgan fingerprint density at radius 2 is 2.04 bits per heavy atom. The van der Waals surface area contributed by atoms with E-state index in [2.05, 4.69) is 22.1 Å². The minimum Gasteiger partial charge on any atom is -0.380 e. The molecule has 4 rings (SSSR count). The van der Waals surface area contributed by atoms with E-state index >= 15 is 0 Å². The van der Waals surface area contributed by atoms with Gasteiger partial charge in [0.05, 0.1) is 19.4 Å². The number of fused-ring (bicyclic) bond motifs is 1. The molecule has 3 heterocycles. The number of ether oxygens (including phenoxy) is 1. The summed E-state index contributed by atoms with van der Waals surface area (Å²) in [5.41, 5.74) is 1.24. The van der Waals surface area contributed by atoms with Crippen LogP contribution in [-0.2, 0) is 27.8 Å². The molecular weight excluding hydrogens is 376 g/mol. The van der Waals surface area contributed by atoms with Gasteiger partial charge in [0, 0.05) is 50.9 Å². The first-order chi connectivity index (χ1) is 13.6. The SMILES string of the molecule is CCn1cc(S(=O)(=O)N2CC[C@@H]3COCCN(Cc4ccccc4)[C@@H]3C2)cn1. The highest BCUT2D eigenvalue weighted by atomic mass is 32.2. The second kappa shape index (κ2) is 8.32. The number of aromatic nitrogens is 2. The number of sulfonamides is 1. The van der Waals surface area contributed by atoms with Crippen LogP contribution in [0.4, 0.5) is 0 Å². The fraction of sp³-hybridized carbons (Fsp3) is 0.550. The Morgan fingerprint density at radius 3 is 2.79 bits per heavy atom. The summed E-state index contributed by atoms with van der Waals surface area (Å²) in [5.74, 6) is 0.357. The summed E-state index contributed by atoms with van der Waals surface area (Å²) >= 11 is 0. The number of rotatable bonds is 5. The molecule has 1 aromatic carbocycles. The first-order valence-corrected chi connectivity index (χ1v) is 11.4. The van der Waals surface area contributed by atoms with Crippen LogP contribution in [0, 0.1) is 5.92 Å². The lowest BCUT2D eigenvalue weighted by molar-refractivity contribution is 0.0766. The molecule has 0 spiro atoms. The van der Waals surface area contributed by atoms with Crippen LogP contribution < -0.4 is 0 Å². The highest BCUT2D eigenvalue weighted by Crippen LogP contribution is 2.29. The molecule has 0 saturated carbocycles. The Bertz CT molecular complexity index is 884. The van der Waals surface area contributed by atoms with Crippen LogP contribution in [0.5, 0.6) is 0 Å². The summed E-state index contributed by atoms with van der Waals surface area (Å²) in [5, 5.41) is 4.14. The molecule has 2 saturated heterocycles. The molecule has 152 valence electrons. The monoisotopic (exact) mass is 404 g/mol.